The number of nitrogens with two attached hydrogens (primary N) is 1. The quantitative estimate of drug-likeness (QED) is 0.649. The van der Waals surface area contributed by atoms with Gasteiger partial charge < -0.3 is 20.5 Å². The van der Waals surface area contributed by atoms with E-state index >= 15 is 0 Å². The molecule has 1 fully saturated rings. The predicted molar refractivity (Wildman–Crippen MR) is 98.6 cm³/mol. The van der Waals surface area contributed by atoms with Crippen molar-refractivity contribution in [2.24, 2.45) is 0 Å². The zero-order valence-corrected chi connectivity index (χ0v) is 15.4. The maximum atomic E-state index is 10.4. The van der Waals surface area contributed by atoms with Crippen molar-refractivity contribution in [2.75, 3.05) is 36.6 Å². The van der Waals surface area contributed by atoms with Gasteiger partial charge in [-0.15, -0.1) is 23.1 Å². The van der Waals surface area contributed by atoms with E-state index in [1.165, 1.54) is 0 Å². The van der Waals surface area contributed by atoms with Gasteiger partial charge in [-0.3, -0.25) is 0 Å². The van der Waals surface area contributed by atoms with Gasteiger partial charge in [0.25, 0.3) is 0 Å². The maximum absolute atomic E-state index is 10.4. The van der Waals surface area contributed by atoms with Crippen molar-refractivity contribution in [3.63, 3.8) is 0 Å². The van der Waals surface area contributed by atoms with E-state index in [9.17, 15) is 5.11 Å². The number of fused-ring (bicyclic) bond motifs is 1. The van der Waals surface area contributed by atoms with Crippen LogP contribution in [0, 0.1) is 6.92 Å². The Morgan fingerprint density at radius 2 is 2.17 bits per heavy atom. The Hall–Kier alpha value is -1.02. The van der Waals surface area contributed by atoms with Gasteiger partial charge in [0, 0.05) is 47.7 Å². The molecular formula is C16H23N3O2S2. The summed E-state index contributed by atoms with van der Waals surface area (Å²) in [6.45, 7) is 5.96. The zero-order valence-electron chi connectivity index (χ0n) is 13.8. The molecule has 3 heterocycles. The van der Waals surface area contributed by atoms with Gasteiger partial charge in [-0.05, 0) is 26.2 Å². The third-order valence-corrected chi connectivity index (χ3v) is 6.11. The molecule has 3 N–H and O–H groups in total. The van der Waals surface area contributed by atoms with Crippen molar-refractivity contribution < 1.29 is 9.84 Å². The molecule has 0 aromatic carbocycles. The average Bonchev–Trinajstić information content (AvgIpc) is 2.82. The molecule has 0 saturated carbocycles. The van der Waals surface area contributed by atoms with Gasteiger partial charge in [0.15, 0.2) is 5.79 Å². The van der Waals surface area contributed by atoms with Crippen molar-refractivity contribution in [3.05, 3.63) is 10.9 Å². The van der Waals surface area contributed by atoms with Crippen molar-refractivity contribution in [1.29, 1.82) is 0 Å². The largest absolute Gasteiger partial charge is 0.397 e. The van der Waals surface area contributed by atoms with Gasteiger partial charge in [-0.1, -0.05) is 0 Å². The van der Waals surface area contributed by atoms with Crippen LogP contribution in [-0.2, 0) is 4.74 Å². The Morgan fingerprint density at radius 3 is 2.78 bits per heavy atom. The van der Waals surface area contributed by atoms with Gasteiger partial charge in [0.05, 0.1) is 5.69 Å². The minimum absolute atomic E-state index is 0.533. The number of hydrogen-bond acceptors (Lipinski definition) is 7. The summed E-state index contributed by atoms with van der Waals surface area (Å²) in [6.07, 6.45) is 3.26. The number of aromatic nitrogens is 1. The van der Waals surface area contributed by atoms with Gasteiger partial charge >= 0.3 is 0 Å². The molecule has 0 atom stereocenters. The molecule has 5 nitrogen and oxygen atoms in total. The van der Waals surface area contributed by atoms with Crippen LogP contribution in [0.4, 0.5) is 11.5 Å². The van der Waals surface area contributed by atoms with Gasteiger partial charge in [0.1, 0.15) is 10.6 Å². The lowest BCUT2D eigenvalue weighted by Crippen LogP contribution is -2.46. The SMILES string of the molecule is CCOC1(O)CCN(c2cc(SC)c3c(N)c(C)sc3n2)CC1. The van der Waals surface area contributed by atoms with Crippen molar-refractivity contribution in [3.8, 4) is 0 Å². The number of piperidine rings is 1. The standard InChI is InChI=1S/C16H23N3O2S2/c1-4-21-16(20)5-7-19(8-6-16)12-9-11(22-3)13-14(17)10(2)23-15(13)18-12/h9,20H,4-8,17H2,1-3H3. The summed E-state index contributed by atoms with van der Waals surface area (Å²) in [4.78, 5) is 10.3. The lowest BCUT2D eigenvalue weighted by molar-refractivity contribution is -0.211. The highest BCUT2D eigenvalue weighted by molar-refractivity contribution is 7.98. The number of nitrogens with zero attached hydrogens (tertiary/aromatic N) is 2. The summed E-state index contributed by atoms with van der Waals surface area (Å²) in [5, 5.41) is 11.4. The molecule has 0 unspecified atom stereocenters. The fourth-order valence-electron chi connectivity index (χ4n) is 3.01. The normalized spacial score (nSPS) is 17.8. The highest BCUT2D eigenvalue weighted by Crippen LogP contribution is 2.40. The second kappa shape index (κ2) is 6.47. The molecule has 0 radical (unpaired) electrons. The van der Waals surface area contributed by atoms with Crippen LogP contribution >= 0.6 is 23.1 Å². The van der Waals surface area contributed by atoms with Crippen molar-refractivity contribution >= 4 is 44.8 Å². The Bertz CT molecular complexity index is 709. The minimum Gasteiger partial charge on any atom is -0.397 e. The number of thiophene rings is 1. The molecule has 126 valence electrons. The summed E-state index contributed by atoms with van der Waals surface area (Å²) < 4.78 is 5.48. The monoisotopic (exact) mass is 353 g/mol. The first-order valence-electron chi connectivity index (χ1n) is 7.82. The Labute approximate surface area is 144 Å². The lowest BCUT2D eigenvalue weighted by atomic mass is 10.0. The fraction of sp³-hybridized carbons (Fsp3) is 0.562. The summed E-state index contributed by atoms with van der Waals surface area (Å²) in [5.74, 6) is -0.0246. The van der Waals surface area contributed by atoms with Crippen molar-refractivity contribution in [1.82, 2.24) is 4.98 Å². The van der Waals surface area contributed by atoms with Crippen LogP contribution in [0.3, 0.4) is 0 Å². The summed E-state index contributed by atoms with van der Waals surface area (Å²) >= 11 is 3.34. The highest BCUT2D eigenvalue weighted by atomic mass is 32.2. The van der Waals surface area contributed by atoms with Crippen LogP contribution < -0.4 is 10.6 Å². The van der Waals surface area contributed by atoms with Gasteiger partial charge in [-0.25, -0.2) is 4.98 Å². The molecule has 2 aromatic heterocycles. The fourth-order valence-corrected chi connectivity index (χ4v) is 4.67. The molecule has 23 heavy (non-hydrogen) atoms. The summed E-state index contributed by atoms with van der Waals surface area (Å²) in [7, 11) is 0. The van der Waals surface area contributed by atoms with E-state index < -0.39 is 5.79 Å². The van der Waals surface area contributed by atoms with E-state index in [4.69, 9.17) is 15.5 Å². The summed E-state index contributed by atoms with van der Waals surface area (Å²) in [6, 6.07) is 2.11. The van der Waals surface area contributed by atoms with E-state index in [0.29, 0.717) is 19.4 Å². The molecule has 7 heteroatoms. The first kappa shape index (κ1) is 16.8. The Morgan fingerprint density at radius 1 is 1.48 bits per heavy atom. The Kier molecular flexibility index (Phi) is 4.73. The van der Waals surface area contributed by atoms with Gasteiger partial charge in [0.2, 0.25) is 0 Å². The number of hydrogen-bond donors (Lipinski definition) is 2. The van der Waals surface area contributed by atoms with Crippen molar-refractivity contribution in [2.45, 2.75) is 37.4 Å². The van der Waals surface area contributed by atoms with E-state index in [1.807, 2.05) is 13.8 Å². The van der Waals surface area contributed by atoms with Crippen LogP contribution in [0.2, 0.25) is 0 Å². The number of aliphatic hydroxyl groups is 1. The average molecular weight is 354 g/mol. The van der Waals surface area contributed by atoms with Crippen LogP contribution in [0.5, 0.6) is 0 Å². The molecule has 0 bridgehead atoms. The minimum atomic E-state index is -0.984. The zero-order chi connectivity index (χ0) is 16.6. The second-order valence-corrected chi connectivity index (χ2v) is 7.85. The number of pyridine rings is 1. The third-order valence-electron chi connectivity index (χ3n) is 4.34. The summed E-state index contributed by atoms with van der Waals surface area (Å²) in [5.41, 5.74) is 7.05. The maximum Gasteiger partial charge on any atom is 0.168 e. The lowest BCUT2D eigenvalue weighted by Gasteiger charge is -2.38. The number of aryl methyl sites for hydroxylation is 1. The van der Waals surface area contributed by atoms with Crippen LogP contribution in [-0.4, -0.2) is 41.8 Å². The number of ether oxygens (including phenoxy) is 1. The molecule has 1 aliphatic heterocycles. The third kappa shape index (κ3) is 3.15. The van der Waals surface area contributed by atoms with E-state index in [1.54, 1.807) is 23.1 Å². The molecule has 0 spiro atoms. The smallest absolute Gasteiger partial charge is 0.168 e. The number of nitrogen functional groups attached to an aromatic ring is 1. The van der Waals surface area contributed by atoms with Crippen LogP contribution in [0.15, 0.2) is 11.0 Å². The molecular weight excluding hydrogens is 330 g/mol. The molecule has 1 saturated heterocycles. The molecule has 2 aromatic rings. The molecule has 0 amide bonds. The van der Waals surface area contributed by atoms with Gasteiger partial charge in [-0.2, -0.15) is 0 Å². The predicted octanol–water partition coefficient (Wildman–Crippen LogP) is 3.23. The molecule has 1 aliphatic rings. The Balaban J connectivity index is 1.90. The molecule has 3 rings (SSSR count). The number of rotatable bonds is 4. The number of anilines is 2. The number of thioether (sulfide) groups is 1. The van der Waals surface area contributed by atoms with Crippen LogP contribution in [0.1, 0.15) is 24.6 Å². The van der Waals surface area contributed by atoms with Crippen LogP contribution in [0.25, 0.3) is 10.2 Å². The van der Waals surface area contributed by atoms with E-state index in [-0.39, 0.29) is 0 Å². The van der Waals surface area contributed by atoms with E-state index in [2.05, 4.69) is 17.2 Å². The highest BCUT2D eigenvalue weighted by Gasteiger charge is 2.33. The first-order valence-corrected chi connectivity index (χ1v) is 9.86. The molecule has 0 aliphatic carbocycles. The van der Waals surface area contributed by atoms with E-state index in [0.717, 1.165) is 44.6 Å². The topological polar surface area (TPSA) is 71.6 Å². The first-order chi connectivity index (χ1) is 11.0. The second-order valence-electron chi connectivity index (χ2n) is 5.80.